The second kappa shape index (κ2) is 5.61. The first-order valence-electron chi connectivity index (χ1n) is 5.15. The lowest BCUT2D eigenvalue weighted by Gasteiger charge is -2.20. The molecule has 0 aliphatic carbocycles. The van der Waals surface area contributed by atoms with Crippen LogP contribution < -0.4 is 5.32 Å². The molecule has 4 heteroatoms. The summed E-state index contributed by atoms with van der Waals surface area (Å²) in [5, 5.41) is 11.4. The van der Waals surface area contributed by atoms with E-state index in [1.807, 2.05) is 17.9 Å². The number of likely N-dealkylation sites (tertiary alicyclic amines) is 1. The zero-order valence-electron chi connectivity index (χ0n) is 8.62. The molecule has 1 aliphatic heterocycles. The number of carbonyl (C=O) groups is 1. The van der Waals surface area contributed by atoms with E-state index in [-0.39, 0.29) is 11.9 Å². The number of rotatable bonds is 4. The van der Waals surface area contributed by atoms with Crippen LogP contribution in [0.25, 0.3) is 0 Å². The van der Waals surface area contributed by atoms with E-state index in [1.165, 1.54) is 0 Å². The Morgan fingerprint density at radius 3 is 2.79 bits per heavy atom. The molecule has 0 saturated carbocycles. The molecule has 4 nitrogen and oxygen atoms in total. The maximum atomic E-state index is 11.7. The van der Waals surface area contributed by atoms with E-state index in [1.54, 1.807) is 0 Å². The molecule has 0 radical (unpaired) electrons. The van der Waals surface area contributed by atoms with Gasteiger partial charge in [0, 0.05) is 26.1 Å². The molecule has 78 valence electrons. The van der Waals surface area contributed by atoms with E-state index in [4.69, 9.17) is 5.26 Å². The van der Waals surface area contributed by atoms with E-state index < -0.39 is 0 Å². The first-order valence-corrected chi connectivity index (χ1v) is 5.15. The minimum absolute atomic E-state index is 0.151. The number of amides is 1. The lowest BCUT2D eigenvalue weighted by molar-refractivity contribution is -0.131. The fraction of sp³-hybridized carbons (Fsp3) is 0.800. The molecule has 1 N–H and O–H groups in total. The molecule has 1 atom stereocenters. The molecule has 0 aromatic heterocycles. The average Bonchev–Trinajstić information content (AvgIpc) is 2.69. The normalized spacial score (nSPS) is 17.9. The van der Waals surface area contributed by atoms with Crippen molar-refractivity contribution < 1.29 is 4.79 Å². The molecule has 1 saturated heterocycles. The molecule has 0 spiro atoms. The van der Waals surface area contributed by atoms with Gasteiger partial charge in [-0.1, -0.05) is 0 Å². The Bertz CT molecular complexity index is 228. The second-order valence-corrected chi connectivity index (χ2v) is 3.62. The molecule has 0 bridgehead atoms. The van der Waals surface area contributed by atoms with Crippen LogP contribution in [0.4, 0.5) is 0 Å². The largest absolute Gasteiger partial charge is 0.341 e. The predicted octanol–water partition coefficient (Wildman–Crippen LogP) is 0.501. The summed E-state index contributed by atoms with van der Waals surface area (Å²) in [6.45, 7) is 4.24. The standard InChI is InChI=1S/C10H17N3O/c1-9(12-6-4-5-11)10(14)13-7-2-3-8-13/h9,12H,2-4,6-8H2,1H3. The van der Waals surface area contributed by atoms with Crippen LogP contribution in [0, 0.1) is 11.3 Å². The Morgan fingerprint density at radius 2 is 2.21 bits per heavy atom. The summed E-state index contributed by atoms with van der Waals surface area (Å²) in [5.41, 5.74) is 0. The number of carbonyl (C=O) groups excluding carboxylic acids is 1. The van der Waals surface area contributed by atoms with Gasteiger partial charge < -0.3 is 10.2 Å². The summed E-state index contributed by atoms with van der Waals surface area (Å²) in [7, 11) is 0. The van der Waals surface area contributed by atoms with Crippen molar-refractivity contribution in [3.05, 3.63) is 0 Å². The van der Waals surface area contributed by atoms with Gasteiger partial charge in [0.05, 0.1) is 12.1 Å². The summed E-state index contributed by atoms with van der Waals surface area (Å²) < 4.78 is 0. The highest BCUT2D eigenvalue weighted by molar-refractivity contribution is 5.81. The fourth-order valence-corrected chi connectivity index (χ4v) is 1.64. The van der Waals surface area contributed by atoms with Gasteiger partial charge in [-0.15, -0.1) is 0 Å². The number of nitrogens with zero attached hydrogens (tertiary/aromatic N) is 2. The second-order valence-electron chi connectivity index (χ2n) is 3.62. The van der Waals surface area contributed by atoms with Crippen molar-refractivity contribution >= 4 is 5.91 Å². The lowest BCUT2D eigenvalue weighted by atomic mass is 10.3. The summed E-state index contributed by atoms with van der Waals surface area (Å²) in [6, 6.07) is 1.89. The van der Waals surface area contributed by atoms with Gasteiger partial charge in [0.2, 0.25) is 5.91 Å². The minimum atomic E-state index is -0.151. The van der Waals surface area contributed by atoms with Gasteiger partial charge >= 0.3 is 0 Å². The smallest absolute Gasteiger partial charge is 0.239 e. The van der Waals surface area contributed by atoms with Crippen LogP contribution in [-0.4, -0.2) is 36.5 Å². The SMILES string of the molecule is CC(NCCC#N)C(=O)N1CCCC1. The van der Waals surface area contributed by atoms with Crippen molar-refractivity contribution in [2.24, 2.45) is 0 Å². The van der Waals surface area contributed by atoms with Gasteiger partial charge in [-0.2, -0.15) is 5.26 Å². The summed E-state index contributed by atoms with van der Waals surface area (Å²) in [5.74, 6) is 0.167. The van der Waals surface area contributed by atoms with Crippen molar-refractivity contribution in [1.82, 2.24) is 10.2 Å². The molecule has 0 aromatic rings. The molecule has 1 aliphatic rings. The number of hydrogen-bond donors (Lipinski definition) is 1. The maximum absolute atomic E-state index is 11.7. The van der Waals surface area contributed by atoms with Gasteiger partial charge in [-0.25, -0.2) is 0 Å². The lowest BCUT2D eigenvalue weighted by Crippen LogP contribution is -2.43. The van der Waals surface area contributed by atoms with E-state index in [0.29, 0.717) is 13.0 Å². The number of hydrogen-bond acceptors (Lipinski definition) is 3. The third-order valence-electron chi connectivity index (χ3n) is 2.48. The van der Waals surface area contributed by atoms with Crippen molar-refractivity contribution in [3.63, 3.8) is 0 Å². The van der Waals surface area contributed by atoms with Crippen LogP contribution in [0.5, 0.6) is 0 Å². The van der Waals surface area contributed by atoms with Gasteiger partial charge in [0.1, 0.15) is 0 Å². The molecule has 1 fully saturated rings. The quantitative estimate of drug-likeness (QED) is 0.665. The van der Waals surface area contributed by atoms with Gasteiger partial charge in [-0.05, 0) is 19.8 Å². The predicted molar refractivity (Wildman–Crippen MR) is 53.5 cm³/mol. The summed E-state index contributed by atoms with van der Waals surface area (Å²) in [4.78, 5) is 13.6. The molecule has 1 heterocycles. The Labute approximate surface area is 84.9 Å². The number of nitriles is 1. The van der Waals surface area contributed by atoms with E-state index in [0.717, 1.165) is 25.9 Å². The highest BCUT2D eigenvalue weighted by Gasteiger charge is 2.22. The zero-order valence-corrected chi connectivity index (χ0v) is 8.62. The molecule has 0 aromatic carbocycles. The maximum Gasteiger partial charge on any atom is 0.239 e. The molecule has 1 unspecified atom stereocenters. The van der Waals surface area contributed by atoms with E-state index >= 15 is 0 Å². The van der Waals surface area contributed by atoms with Crippen molar-refractivity contribution in [2.45, 2.75) is 32.2 Å². The highest BCUT2D eigenvalue weighted by atomic mass is 16.2. The molecular formula is C10H17N3O. The van der Waals surface area contributed by atoms with E-state index in [9.17, 15) is 4.79 Å². The highest BCUT2D eigenvalue weighted by Crippen LogP contribution is 2.08. The minimum Gasteiger partial charge on any atom is -0.341 e. The summed E-state index contributed by atoms with van der Waals surface area (Å²) in [6.07, 6.45) is 2.70. The van der Waals surface area contributed by atoms with Crippen LogP contribution >= 0.6 is 0 Å². The van der Waals surface area contributed by atoms with E-state index in [2.05, 4.69) is 5.32 Å². The van der Waals surface area contributed by atoms with Gasteiger partial charge in [0.25, 0.3) is 0 Å². The topological polar surface area (TPSA) is 56.1 Å². The van der Waals surface area contributed by atoms with Crippen molar-refractivity contribution in [1.29, 1.82) is 5.26 Å². The van der Waals surface area contributed by atoms with Gasteiger partial charge in [-0.3, -0.25) is 4.79 Å². The Kier molecular flexibility index (Phi) is 4.41. The Balaban J connectivity index is 2.25. The molecule has 1 amide bonds. The first kappa shape index (κ1) is 11.0. The third kappa shape index (κ3) is 3.00. The fourth-order valence-electron chi connectivity index (χ4n) is 1.64. The van der Waals surface area contributed by atoms with Crippen LogP contribution in [-0.2, 0) is 4.79 Å². The Hall–Kier alpha value is -1.08. The summed E-state index contributed by atoms with van der Waals surface area (Å²) >= 11 is 0. The van der Waals surface area contributed by atoms with Crippen LogP contribution in [0.15, 0.2) is 0 Å². The molecule has 14 heavy (non-hydrogen) atoms. The third-order valence-corrected chi connectivity index (χ3v) is 2.48. The van der Waals surface area contributed by atoms with Crippen LogP contribution in [0.1, 0.15) is 26.2 Å². The number of nitrogens with one attached hydrogen (secondary N) is 1. The Morgan fingerprint density at radius 1 is 1.57 bits per heavy atom. The average molecular weight is 195 g/mol. The first-order chi connectivity index (χ1) is 6.75. The van der Waals surface area contributed by atoms with Gasteiger partial charge in [0.15, 0.2) is 0 Å². The zero-order chi connectivity index (χ0) is 10.4. The van der Waals surface area contributed by atoms with Crippen molar-refractivity contribution in [3.8, 4) is 6.07 Å². The van der Waals surface area contributed by atoms with Crippen LogP contribution in [0.3, 0.4) is 0 Å². The monoisotopic (exact) mass is 195 g/mol. The molecule has 1 rings (SSSR count). The van der Waals surface area contributed by atoms with Crippen LogP contribution in [0.2, 0.25) is 0 Å². The molecular weight excluding hydrogens is 178 g/mol. The van der Waals surface area contributed by atoms with Crippen molar-refractivity contribution in [2.75, 3.05) is 19.6 Å².